The molecule has 16 heavy (non-hydrogen) atoms. The minimum atomic E-state index is -0.187. The molecule has 0 unspecified atom stereocenters. The first kappa shape index (κ1) is 10.8. The molecule has 1 radical (unpaired) electrons. The second-order valence-electron chi connectivity index (χ2n) is 3.64. The maximum absolute atomic E-state index is 12.7. The Bertz CT molecular complexity index is 422. The highest BCUT2D eigenvalue weighted by Crippen LogP contribution is 2.07. The van der Waals surface area contributed by atoms with Crippen LogP contribution in [0.3, 0.4) is 0 Å². The van der Waals surface area contributed by atoms with Crippen LogP contribution in [-0.2, 0) is 12.8 Å². The molecule has 0 bridgehead atoms. The first-order valence-corrected chi connectivity index (χ1v) is 5.30. The average molecular weight is 214 g/mol. The van der Waals surface area contributed by atoms with E-state index in [2.05, 4.69) is 11.4 Å². The molecule has 1 aromatic carbocycles. The van der Waals surface area contributed by atoms with Crippen LogP contribution in [0.25, 0.3) is 0 Å². The Morgan fingerprint density at radius 3 is 2.50 bits per heavy atom. The van der Waals surface area contributed by atoms with Gasteiger partial charge in [-0.05, 0) is 49.1 Å². The van der Waals surface area contributed by atoms with E-state index in [1.54, 1.807) is 6.20 Å². The van der Waals surface area contributed by atoms with Gasteiger partial charge in [0.15, 0.2) is 0 Å². The zero-order valence-corrected chi connectivity index (χ0v) is 8.94. The van der Waals surface area contributed by atoms with Crippen LogP contribution in [-0.4, -0.2) is 4.98 Å². The first-order valence-electron chi connectivity index (χ1n) is 5.30. The Labute approximate surface area is 95.0 Å². The second-order valence-corrected chi connectivity index (χ2v) is 3.64. The Morgan fingerprint density at radius 1 is 1.00 bits per heavy atom. The molecule has 0 saturated heterocycles. The Hall–Kier alpha value is -1.70. The van der Waals surface area contributed by atoms with Crippen molar-refractivity contribution in [1.82, 2.24) is 4.98 Å². The number of rotatable bonds is 4. The third kappa shape index (κ3) is 3.16. The summed E-state index contributed by atoms with van der Waals surface area (Å²) in [5, 5.41) is 0. The van der Waals surface area contributed by atoms with E-state index in [-0.39, 0.29) is 5.82 Å². The van der Waals surface area contributed by atoms with Gasteiger partial charge in [0.25, 0.3) is 0 Å². The van der Waals surface area contributed by atoms with E-state index in [1.807, 2.05) is 30.3 Å². The summed E-state index contributed by atoms with van der Waals surface area (Å²) in [4.78, 5) is 4.23. The van der Waals surface area contributed by atoms with Crippen molar-refractivity contribution in [2.45, 2.75) is 12.8 Å². The molecule has 2 aromatic rings. The van der Waals surface area contributed by atoms with Gasteiger partial charge in [-0.2, -0.15) is 0 Å². The summed E-state index contributed by atoms with van der Waals surface area (Å²) in [5.41, 5.74) is 2.18. The lowest BCUT2D eigenvalue weighted by atomic mass is 10.1. The van der Waals surface area contributed by atoms with Gasteiger partial charge >= 0.3 is 0 Å². The van der Waals surface area contributed by atoms with Crippen molar-refractivity contribution in [2.24, 2.45) is 0 Å². The fraction of sp³-hybridized carbons (Fsp3) is 0.143. The monoisotopic (exact) mass is 214 g/mol. The first-order chi connectivity index (χ1) is 7.84. The molecule has 0 saturated carbocycles. The summed E-state index contributed by atoms with van der Waals surface area (Å²) in [6.45, 7) is 0. The summed E-state index contributed by atoms with van der Waals surface area (Å²) in [6, 6.07) is 12.5. The number of hydrogen-bond acceptors (Lipinski definition) is 1. The van der Waals surface area contributed by atoms with Gasteiger partial charge in [-0.1, -0.05) is 18.2 Å². The predicted molar refractivity (Wildman–Crippen MR) is 62.3 cm³/mol. The summed E-state index contributed by atoms with van der Waals surface area (Å²) in [5.74, 6) is -0.187. The second kappa shape index (κ2) is 5.40. The standard InChI is InChI=1S/C14H13FN/c15-13-9-7-12(8-10-13)4-3-6-14-5-1-2-11-16-14/h1-3,5,7-11H,4,6H2. The van der Waals surface area contributed by atoms with E-state index in [0.717, 1.165) is 24.1 Å². The molecule has 0 fully saturated rings. The van der Waals surface area contributed by atoms with Gasteiger partial charge in [-0.25, -0.2) is 4.39 Å². The smallest absolute Gasteiger partial charge is 0.123 e. The van der Waals surface area contributed by atoms with Crippen LogP contribution in [0.2, 0.25) is 0 Å². The van der Waals surface area contributed by atoms with Crippen LogP contribution >= 0.6 is 0 Å². The van der Waals surface area contributed by atoms with Crippen molar-refractivity contribution in [3.63, 3.8) is 0 Å². The van der Waals surface area contributed by atoms with Gasteiger partial charge in [0.1, 0.15) is 5.82 Å². The van der Waals surface area contributed by atoms with Crippen molar-refractivity contribution in [1.29, 1.82) is 0 Å². The number of benzene rings is 1. The fourth-order valence-electron chi connectivity index (χ4n) is 1.53. The predicted octanol–water partition coefficient (Wildman–Crippen LogP) is 3.21. The third-order valence-electron chi connectivity index (χ3n) is 2.37. The van der Waals surface area contributed by atoms with Crippen molar-refractivity contribution in [3.8, 4) is 0 Å². The lowest BCUT2D eigenvalue weighted by molar-refractivity contribution is 0.627. The number of hydrogen-bond donors (Lipinski definition) is 0. The minimum Gasteiger partial charge on any atom is -0.261 e. The average Bonchev–Trinajstić information content (AvgIpc) is 2.33. The van der Waals surface area contributed by atoms with Crippen LogP contribution < -0.4 is 0 Å². The SMILES string of the molecule is Fc1ccc(C[CH]Cc2ccccn2)cc1. The molecule has 81 valence electrons. The van der Waals surface area contributed by atoms with Gasteiger partial charge in [0.2, 0.25) is 0 Å². The molecule has 2 heteroatoms. The van der Waals surface area contributed by atoms with E-state index in [1.165, 1.54) is 12.1 Å². The minimum absolute atomic E-state index is 0.187. The number of nitrogens with zero attached hydrogens (tertiary/aromatic N) is 1. The van der Waals surface area contributed by atoms with Crippen molar-refractivity contribution in [2.75, 3.05) is 0 Å². The van der Waals surface area contributed by atoms with Gasteiger partial charge < -0.3 is 0 Å². The van der Waals surface area contributed by atoms with Crippen LogP contribution in [0.15, 0.2) is 48.7 Å². The Balaban J connectivity index is 1.82. The summed E-state index contributed by atoms with van der Waals surface area (Å²) >= 11 is 0. The van der Waals surface area contributed by atoms with Gasteiger partial charge in [-0.3, -0.25) is 4.98 Å². The van der Waals surface area contributed by atoms with E-state index in [9.17, 15) is 4.39 Å². The molecule has 0 amide bonds. The Kier molecular flexibility index (Phi) is 3.65. The number of pyridine rings is 1. The fourth-order valence-corrected chi connectivity index (χ4v) is 1.53. The Morgan fingerprint density at radius 2 is 1.81 bits per heavy atom. The topological polar surface area (TPSA) is 12.9 Å². The lowest BCUT2D eigenvalue weighted by Gasteiger charge is -2.01. The van der Waals surface area contributed by atoms with Crippen molar-refractivity contribution >= 4 is 0 Å². The highest BCUT2D eigenvalue weighted by atomic mass is 19.1. The van der Waals surface area contributed by atoms with Crippen LogP contribution in [0.4, 0.5) is 4.39 Å². The molecule has 0 aliphatic heterocycles. The number of aromatic nitrogens is 1. The molecule has 0 N–H and O–H groups in total. The zero-order chi connectivity index (χ0) is 11.2. The number of halogens is 1. The van der Waals surface area contributed by atoms with E-state index in [0.29, 0.717) is 0 Å². The third-order valence-corrected chi connectivity index (χ3v) is 2.37. The van der Waals surface area contributed by atoms with E-state index >= 15 is 0 Å². The zero-order valence-electron chi connectivity index (χ0n) is 8.94. The van der Waals surface area contributed by atoms with Crippen LogP contribution in [0.1, 0.15) is 11.3 Å². The molecule has 0 aliphatic carbocycles. The molecule has 1 heterocycles. The highest BCUT2D eigenvalue weighted by molar-refractivity contribution is 5.18. The molecular weight excluding hydrogens is 201 g/mol. The van der Waals surface area contributed by atoms with Gasteiger partial charge in [-0.15, -0.1) is 0 Å². The van der Waals surface area contributed by atoms with Crippen molar-refractivity contribution in [3.05, 3.63) is 72.2 Å². The van der Waals surface area contributed by atoms with Crippen LogP contribution in [0, 0.1) is 12.2 Å². The molecule has 1 nitrogen and oxygen atoms in total. The van der Waals surface area contributed by atoms with E-state index in [4.69, 9.17) is 0 Å². The maximum Gasteiger partial charge on any atom is 0.123 e. The molecule has 0 atom stereocenters. The van der Waals surface area contributed by atoms with Gasteiger partial charge in [0.05, 0.1) is 0 Å². The van der Waals surface area contributed by atoms with Crippen LogP contribution in [0.5, 0.6) is 0 Å². The molecular formula is C14H13FN. The summed E-state index contributed by atoms with van der Waals surface area (Å²) in [7, 11) is 0. The molecule has 2 rings (SSSR count). The molecule has 0 aliphatic rings. The molecule has 1 aromatic heterocycles. The molecule has 0 spiro atoms. The largest absolute Gasteiger partial charge is 0.261 e. The van der Waals surface area contributed by atoms with Crippen molar-refractivity contribution < 1.29 is 4.39 Å². The lowest BCUT2D eigenvalue weighted by Crippen LogP contribution is -1.93. The normalized spacial score (nSPS) is 10.3. The quantitative estimate of drug-likeness (QED) is 0.761. The maximum atomic E-state index is 12.7. The summed E-state index contributed by atoms with van der Waals surface area (Å²) < 4.78 is 12.7. The van der Waals surface area contributed by atoms with E-state index < -0.39 is 0 Å². The highest BCUT2D eigenvalue weighted by Gasteiger charge is 1.96. The van der Waals surface area contributed by atoms with Gasteiger partial charge in [0, 0.05) is 11.9 Å². The summed E-state index contributed by atoms with van der Waals surface area (Å²) in [6.07, 6.45) is 5.63.